The van der Waals surface area contributed by atoms with Gasteiger partial charge >= 0.3 is 0 Å². The molecule has 0 radical (unpaired) electrons. The van der Waals surface area contributed by atoms with Gasteiger partial charge in [0, 0.05) is 24.2 Å². The molecule has 1 aliphatic carbocycles. The van der Waals surface area contributed by atoms with E-state index in [2.05, 4.69) is 29.5 Å². The number of ether oxygens (including phenoxy) is 1. The summed E-state index contributed by atoms with van der Waals surface area (Å²) in [6.07, 6.45) is 3.45. The highest BCUT2D eigenvalue weighted by molar-refractivity contribution is 6.05. The van der Waals surface area contributed by atoms with Gasteiger partial charge in [-0.1, -0.05) is 45.7 Å². The molecule has 0 spiro atoms. The van der Waals surface area contributed by atoms with Gasteiger partial charge in [0.1, 0.15) is 17.5 Å². The van der Waals surface area contributed by atoms with Gasteiger partial charge in [0.25, 0.3) is 5.91 Å². The average Bonchev–Trinajstić information content (AvgIpc) is 3.10. The van der Waals surface area contributed by atoms with E-state index < -0.39 is 6.04 Å². The molecule has 0 bridgehead atoms. The summed E-state index contributed by atoms with van der Waals surface area (Å²) in [7, 11) is 1.61. The van der Waals surface area contributed by atoms with Gasteiger partial charge in [0.05, 0.1) is 7.11 Å². The van der Waals surface area contributed by atoms with Crippen LogP contribution >= 0.6 is 0 Å². The molecule has 178 valence electrons. The summed E-state index contributed by atoms with van der Waals surface area (Å²) >= 11 is 0. The Morgan fingerprint density at radius 1 is 1.18 bits per heavy atom. The number of rotatable bonds is 9. The molecule has 0 fully saturated rings. The maximum Gasteiger partial charge on any atom is 0.268 e. The zero-order valence-electron chi connectivity index (χ0n) is 20.3. The number of H-pyrrole nitrogens is 1. The number of carbonyl (C=O) groups is 3. The lowest BCUT2D eigenvalue weighted by molar-refractivity contribution is -0.123. The lowest BCUT2D eigenvalue weighted by atomic mass is 9.75. The van der Waals surface area contributed by atoms with Crippen LogP contribution < -0.4 is 15.4 Å². The normalized spacial score (nSPS) is 15.5. The Bertz CT molecular complexity index is 1020. The molecular formula is C26H35N3O4. The number of aromatic amines is 1. The first kappa shape index (κ1) is 24.6. The first-order chi connectivity index (χ1) is 15.6. The number of fused-ring (bicyclic) bond motifs is 1. The zero-order valence-corrected chi connectivity index (χ0v) is 20.3. The summed E-state index contributed by atoms with van der Waals surface area (Å²) < 4.78 is 5.16. The van der Waals surface area contributed by atoms with Crippen LogP contribution in [0.25, 0.3) is 0 Å². The van der Waals surface area contributed by atoms with Crippen molar-refractivity contribution in [2.24, 2.45) is 5.41 Å². The van der Waals surface area contributed by atoms with E-state index in [-0.39, 0.29) is 23.0 Å². The van der Waals surface area contributed by atoms with E-state index in [1.165, 1.54) is 0 Å². The molecule has 1 aromatic heterocycles. The predicted octanol–water partition coefficient (Wildman–Crippen LogP) is 4.09. The molecule has 7 nitrogen and oxygen atoms in total. The second-order valence-electron chi connectivity index (χ2n) is 9.65. The fourth-order valence-electron chi connectivity index (χ4n) is 4.42. The molecule has 7 heteroatoms. The maximum absolute atomic E-state index is 13.1. The van der Waals surface area contributed by atoms with Crippen molar-refractivity contribution < 1.29 is 19.1 Å². The van der Waals surface area contributed by atoms with E-state index in [0.717, 1.165) is 29.8 Å². The van der Waals surface area contributed by atoms with Crippen molar-refractivity contribution in [3.8, 4) is 5.75 Å². The molecular weight excluding hydrogens is 418 g/mol. The Hall–Kier alpha value is -3.09. The molecule has 3 rings (SSSR count). The number of hydrogen-bond donors (Lipinski definition) is 3. The lowest BCUT2D eigenvalue weighted by Gasteiger charge is -2.28. The molecule has 0 aliphatic heterocycles. The van der Waals surface area contributed by atoms with Crippen molar-refractivity contribution >= 4 is 17.6 Å². The summed E-state index contributed by atoms with van der Waals surface area (Å²) in [5.74, 6) is 0.241. The monoisotopic (exact) mass is 453 g/mol. The van der Waals surface area contributed by atoms with E-state index >= 15 is 0 Å². The van der Waals surface area contributed by atoms with Crippen LogP contribution in [0.2, 0.25) is 0 Å². The molecule has 1 atom stereocenters. The third kappa shape index (κ3) is 5.83. The molecule has 2 aromatic rings. The van der Waals surface area contributed by atoms with Gasteiger partial charge in [-0.05, 0) is 48.4 Å². The number of benzene rings is 1. The van der Waals surface area contributed by atoms with Gasteiger partial charge in [0.2, 0.25) is 5.91 Å². The van der Waals surface area contributed by atoms with Crippen molar-refractivity contribution in [1.29, 1.82) is 0 Å². The summed E-state index contributed by atoms with van der Waals surface area (Å²) in [5.41, 5.74) is 3.28. The zero-order chi connectivity index (χ0) is 24.2. The fourth-order valence-corrected chi connectivity index (χ4v) is 4.42. The van der Waals surface area contributed by atoms with Gasteiger partial charge in [-0.15, -0.1) is 0 Å². The Kier molecular flexibility index (Phi) is 7.61. The van der Waals surface area contributed by atoms with Crippen LogP contribution in [0.5, 0.6) is 5.75 Å². The van der Waals surface area contributed by atoms with Gasteiger partial charge in [-0.25, -0.2) is 0 Å². The maximum atomic E-state index is 13.1. The van der Waals surface area contributed by atoms with Crippen LogP contribution in [0, 0.1) is 12.3 Å². The molecule has 1 heterocycles. The Labute approximate surface area is 195 Å². The third-order valence-corrected chi connectivity index (χ3v) is 6.22. The van der Waals surface area contributed by atoms with Gasteiger partial charge in [-0.3, -0.25) is 14.4 Å². The molecule has 0 saturated heterocycles. The summed E-state index contributed by atoms with van der Waals surface area (Å²) in [6.45, 7) is 8.31. The van der Waals surface area contributed by atoms with Gasteiger partial charge < -0.3 is 20.4 Å². The van der Waals surface area contributed by atoms with E-state index in [1.807, 2.05) is 31.2 Å². The number of ketones is 1. The number of hydrogen-bond acceptors (Lipinski definition) is 4. The number of unbranched alkanes of at least 4 members (excludes halogenated alkanes) is 1. The number of carbonyl (C=O) groups excluding carboxylic acids is 3. The first-order valence-electron chi connectivity index (χ1n) is 11.6. The van der Waals surface area contributed by atoms with Gasteiger partial charge in [-0.2, -0.15) is 0 Å². The van der Waals surface area contributed by atoms with Crippen molar-refractivity contribution in [2.75, 3.05) is 7.11 Å². The summed E-state index contributed by atoms with van der Waals surface area (Å²) in [4.78, 5) is 41.9. The van der Waals surface area contributed by atoms with E-state index in [4.69, 9.17) is 4.74 Å². The molecule has 1 aliphatic rings. The SMILES string of the molecule is CCCCC(NC(=O)c1[nH]c2c(c1C)C(=O)CC(C)(C)C2)C(=O)NCc1ccc(OC)cc1. The van der Waals surface area contributed by atoms with Crippen LogP contribution in [0.1, 0.15) is 84.1 Å². The number of methoxy groups -OCH3 is 1. The smallest absolute Gasteiger partial charge is 0.268 e. The highest BCUT2D eigenvalue weighted by Gasteiger charge is 2.35. The Morgan fingerprint density at radius 2 is 1.88 bits per heavy atom. The number of aromatic nitrogens is 1. The highest BCUT2D eigenvalue weighted by Crippen LogP contribution is 2.36. The van der Waals surface area contributed by atoms with E-state index in [9.17, 15) is 14.4 Å². The lowest BCUT2D eigenvalue weighted by Crippen LogP contribution is -2.46. The molecule has 3 N–H and O–H groups in total. The van der Waals surface area contributed by atoms with E-state index in [1.54, 1.807) is 14.0 Å². The van der Waals surface area contributed by atoms with Crippen molar-refractivity contribution in [1.82, 2.24) is 15.6 Å². The number of amides is 2. The van der Waals surface area contributed by atoms with Crippen LogP contribution in [0.3, 0.4) is 0 Å². The highest BCUT2D eigenvalue weighted by atomic mass is 16.5. The molecule has 1 unspecified atom stereocenters. The van der Waals surface area contributed by atoms with Crippen molar-refractivity contribution in [3.05, 3.63) is 52.3 Å². The molecule has 0 saturated carbocycles. The molecule has 33 heavy (non-hydrogen) atoms. The fraction of sp³-hybridized carbons (Fsp3) is 0.500. The Balaban J connectivity index is 1.71. The molecule has 1 aromatic carbocycles. The van der Waals surface area contributed by atoms with E-state index in [0.29, 0.717) is 42.6 Å². The van der Waals surface area contributed by atoms with Crippen LogP contribution in [-0.2, 0) is 17.8 Å². The summed E-state index contributed by atoms with van der Waals surface area (Å²) in [6, 6.07) is 6.82. The quantitative estimate of drug-likeness (QED) is 0.532. The topological polar surface area (TPSA) is 100 Å². The largest absolute Gasteiger partial charge is 0.497 e. The number of nitrogens with one attached hydrogen (secondary N) is 3. The second kappa shape index (κ2) is 10.2. The predicted molar refractivity (Wildman–Crippen MR) is 128 cm³/mol. The van der Waals surface area contributed by atoms with Crippen LogP contribution in [0.4, 0.5) is 0 Å². The van der Waals surface area contributed by atoms with Crippen LogP contribution in [0.15, 0.2) is 24.3 Å². The van der Waals surface area contributed by atoms with Crippen molar-refractivity contribution in [2.45, 2.75) is 72.4 Å². The minimum absolute atomic E-state index is 0.0637. The second-order valence-corrected chi connectivity index (χ2v) is 9.65. The minimum atomic E-state index is -0.650. The average molecular weight is 454 g/mol. The molecule has 2 amide bonds. The summed E-state index contributed by atoms with van der Waals surface area (Å²) in [5, 5.41) is 5.82. The minimum Gasteiger partial charge on any atom is -0.497 e. The first-order valence-corrected chi connectivity index (χ1v) is 11.6. The third-order valence-electron chi connectivity index (χ3n) is 6.22. The Morgan fingerprint density at radius 3 is 2.52 bits per heavy atom. The number of Topliss-reactive ketones (excluding diaryl/α,β-unsaturated/α-hetero) is 1. The van der Waals surface area contributed by atoms with Crippen LogP contribution in [-0.4, -0.2) is 35.7 Å². The van der Waals surface area contributed by atoms with Gasteiger partial charge in [0.15, 0.2) is 5.78 Å². The standard InChI is InChI=1S/C26H35N3O4/c1-6-7-8-19(24(31)27-15-17-9-11-18(33-5)12-10-17)29-25(32)23-16(2)22-20(28-23)13-26(3,4)14-21(22)30/h9-12,19,28H,6-8,13-15H2,1-5H3,(H,27,31)(H,29,32). The van der Waals surface area contributed by atoms with Crippen molar-refractivity contribution in [3.63, 3.8) is 0 Å².